The Balaban J connectivity index is 1.84. The van der Waals surface area contributed by atoms with E-state index in [4.69, 9.17) is 5.73 Å². The lowest BCUT2D eigenvalue weighted by atomic mass is 9.92. The summed E-state index contributed by atoms with van der Waals surface area (Å²) in [6, 6.07) is 5.53. The van der Waals surface area contributed by atoms with Gasteiger partial charge in [-0.15, -0.1) is 0 Å². The van der Waals surface area contributed by atoms with E-state index in [2.05, 4.69) is 10.2 Å². The van der Waals surface area contributed by atoms with Gasteiger partial charge in [0.1, 0.15) is 0 Å². The van der Waals surface area contributed by atoms with Gasteiger partial charge < -0.3 is 16.2 Å². The number of rotatable bonds is 4. The number of hydrogen-bond acceptors (Lipinski definition) is 4. The molecule has 1 fully saturated rings. The molecule has 1 aromatic carbocycles. The number of anilines is 2. The van der Waals surface area contributed by atoms with Gasteiger partial charge in [0.15, 0.2) is 0 Å². The van der Waals surface area contributed by atoms with E-state index in [0.29, 0.717) is 18.2 Å². The maximum absolute atomic E-state index is 12.1. The maximum Gasteiger partial charge on any atom is 0.238 e. The highest BCUT2D eigenvalue weighted by Crippen LogP contribution is 2.22. The average Bonchev–Trinajstić information content (AvgIpc) is 2.44. The smallest absolute Gasteiger partial charge is 0.238 e. The summed E-state index contributed by atoms with van der Waals surface area (Å²) in [4.78, 5) is 14.3. The van der Waals surface area contributed by atoms with Crippen molar-refractivity contribution in [3.05, 3.63) is 23.8 Å². The third-order valence-electron chi connectivity index (χ3n) is 4.33. The zero-order valence-corrected chi connectivity index (χ0v) is 12.8. The summed E-state index contributed by atoms with van der Waals surface area (Å²) in [6.45, 7) is 5.85. The second kappa shape index (κ2) is 6.91. The van der Waals surface area contributed by atoms with E-state index < -0.39 is 0 Å². The molecule has 1 unspecified atom stereocenters. The second-order valence-electron chi connectivity index (χ2n) is 5.92. The van der Waals surface area contributed by atoms with E-state index >= 15 is 0 Å². The molecule has 0 aliphatic carbocycles. The molecule has 0 radical (unpaired) electrons. The first kappa shape index (κ1) is 15.8. The normalized spacial score (nSPS) is 18.4. The molecule has 2 rings (SSSR count). The first-order valence-corrected chi connectivity index (χ1v) is 7.52. The van der Waals surface area contributed by atoms with Crippen LogP contribution in [0, 0.1) is 12.8 Å². The minimum atomic E-state index is -0.254. The summed E-state index contributed by atoms with van der Waals surface area (Å²) in [5, 5.41) is 12.5. The fourth-order valence-electron chi connectivity index (χ4n) is 2.78. The number of nitrogens with two attached hydrogens (primary N) is 1. The largest absolute Gasteiger partial charge is 0.398 e. The van der Waals surface area contributed by atoms with Crippen LogP contribution in [-0.4, -0.2) is 41.7 Å². The Morgan fingerprint density at radius 3 is 2.76 bits per heavy atom. The van der Waals surface area contributed by atoms with E-state index in [1.807, 2.05) is 32.0 Å². The molecule has 1 aromatic rings. The fraction of sp³-hybridized carbons (Fsp3) is 0.562. The van der Waals surface area contributed by atoms with Crippen LogP contribution in [0.1, 0.15) is 25.3 Å². The number of nitrogen functional groups attached to an aromatic ring is 1. The Hall–Kier alpha value is -1.59. The third kappa shape index (κ3) is 4.19. The molecule has 4 N–H and O–H groups in total. The average molecular weight is 291 g/mol. The predicted molar refractivity (Wildman–Crippen MR) is 85.1 cm³/mol. The van der Waals surface area contributed by atoms with Crippen molar-refractivity contribution < 1.29 is 9.90 Å². The number of hydrogen-bond donors (Lipinski definition) is 3. The van der Waals surface area contributed by atoms with Gasteiger partial charge in [-0.25, -0.2) is 0 Å². The van der Waals surface area contributed by atoms with Crippen LogP contribution in [0.5, 0.6) is 0 Å². The summed E-state index contributed by atoms with van der Waals surface area (Å²) in [7, 11) is 0. The second-order valence-corrected chi connectivity index (χ2v) is 5.92. The molecule has 116 valence electrons. The molecular formula is C16H25N3O2. The minimum absolute atomic E-state index is 0.0146. The summed E-state index contributed by atoms with van der Waals surface area (Å²) in [6.07, 6.45) is 1.64. The number of benzene rings is 1. The molecule has 0 aromatic heterocycles. The Bertz CT molecular complexity index is 494. The van der Waals surface area contributed by atoms with Crippen LogP contribution in [-0.2, 0) is 4.79 Å². The van der Waals surface area contributed by atoms with Gasteiger partial charge >= 0.3 is 0 Å². The van der Waals surface area contributed by atoms with Crippen LogP contribution in [0.25, 0.3) is 0 Å². The summed E-state index contributed by atoms with van der Waals surface area (Å²) >= 11 is 0. The van der Waals surface area contributed by atoms with Crippen molar-refractivity contribution in [2.45, 2.75) is 32.8 Å². The zero-order chi connectivity index (χ0) is 15.4. The van der Waals surface area contributed by atoms with Crippen LogP contribution in [0.3, 0.4) is 0 Å². The highest BCUT2D eigenvalue weighted by Gasteiger charge is 2.23. The number of carbonyl (C=O) groups excluding carboxylic acids is 1. The first-order valence-electron chi connectivity index (χ1n) is 7.52. The van der Waals surface area contributed by atoms with Crippen molar-refractivity contribution >= 4 is 17.3 Å². The van der Waals surface area contributed by atoms with E-state index in [9.17, 15) is 9.90 Å². The van der Waals surface area contributed by atoms with Crippen LogP contribution in [0.2, 0.25) is 0 Å². The van der Waals surface area contributed by atoms with Crippen molar-refractivity contribution in [2.75, 3.05) is 30.7 Å². The molecule has 1 aliphatic rings. The number of aliphatic hydroxyl groups excluding tert-OH is 1. The molecule has 5 heteroatoms. The van der Waals surface area contributed by atoms with Gasteiger partial charge in [0.05, 0.1) is 12.6 Å². The van der Waals surface area contributed by atoms with Crippen molar-refractivity contribution in [3.8, 4) is 0 Å². The number of aliphatic hydroxyl groups is 1. The van der Waals surface area contributed by atoms with Gasteiger partial charge in [-0.05, 0) is 63.4 Å². The van der Waals surface area contributed by atoms with Gasteiger partial charge in [-0.3, -0.25) is 9.69 Å². The van der Waals surface area contributed by atoms with Gasteiger partial charge in [-0.1, -0.05) is 6.07 Å². The van der Waals surface area contributed by atoms with Crippen molar-refractivity contribution in [1.82, 2.24) is 4.90 Å². The molecule has 0 saturated carbocycles. The Labute approximate surface area is 126 Å². The molecule has 1 atom stereocenters. The molecule has 5 nitrogen and oxygen atoms in total. The lowest BCUT2D eigenvalue weighted by Crippen LogP contribution is -2.41. The zero-order valence-electron chi connectivity index (χ0n) is 12.8. The van der Waals surface area contributed by atoms with E-state index in [1.54, 1.807) is 0 Å². The van der Waals surface area contributed by atoms with Gasteiger partial charge in [0.2, 0.25) is 5.91 Å². The minimum Gasteiger partial charge on any atom is -0.398 e. The van der Waals surface area contributed by atoms with Crippen LogP contribution >= 0.6 is 0 Å². The number of likely N-dealkylation sites (tertiary alicyclic amines) is 1. The predicted octanol–water partition coefficient (Wildman–Crippen LogP) is 1.61. The number of nitrogens with one attached hydrogen (secondary N) is 1. The standard InChI is InChI=1S/C16H25N3O2/c1-11-14(17)4-3-5-15(11)18-16(21)10-19-8-6-13(7-9-19)12(2)20/h3-5,12-13,20H,6-10,17H2,1-2H3,(H,18,21). The van der Waals surface area contributed by atoms with Crippen molar-refractivity contribution in [1.29, 1.82) is 0 Å². The lowest BCUT2D eigenvalue weighted by molar-refractivity contribution is -0.117. The van der Waals surface area contributed by atoms with E-state index in [0.717, 1.165) is 37.2 Å². The summed E-state index contributed by atoms with van der Waals surface area (Å²) in [5.41, 5.74) is 8.20. The van der Waals surface area contributed by atoms with E-state index in [-0.39, 0.29) is 12.0 Å². The highest BCUT2D eigenvalue weighted by molar-refractivity contribution is 5.93. The van der Waals surface area contributed by atoms with Crippen molar-refractivity contribution in [2.24, 2.45) is 5.92 Å². The molecule has 21 heavy (non-hydrogen) atoms. The van der Waals surface area contributed by atoms with Gasteiger partial charge in [0, 0.05) is 11.4 Å². The number of nitrogens with zero attached hydrogens (tertiary/aromatic N) is 1. The quantitative estimate of drug-likeness (QED) is 0.736. The molecule has 0 bridgehead atoms. The van der Waals surface area contributed by atoms with Crippen LogP contribution < -0.4 is 11.1 Å². The first-order chi connectivity index (χ1) is 9.97. The highest BCUT2D eigenvalue weighted by atomic mass is 16.3. The molecule has 1 heterocycles. The van der Waals surface area contributed by atoms with Gasteiger partial charge in [-0.2, -0.15) is 0 Å². The molecule has 1 amide bonds. The topological polar surface area (TPSA) is 78.6 Å². The number of amides is 1. The van der Waals surface area contributed by atoms with Crippen LogP contribution in [0.15, 0.2) is 18.2 Å². The summed E-state index contributed by atoms with van der Waals surface area (Å²) < 4.78 is 0. The molecular weight excluding hydrogens is 266 g/mol. The van der Waals surface area contributed by atoms with Gasteiger partial charge in [0.25, 0.3) is 0 Å². The monoisotopic (exact) mass is 291 g/mol. The maximum atomic E-state index is 12.1. The Morgan fingerprint density at radius 1 is 1.48 bits per heavy atom. The fourth-order valence-corrected chi connectivity index (χ4v) is 2.78. The third-order valence-corrected chi connectivity index (χ3v) is 4.33. The lowest BCUT2D eigenvalue weighted by Gasteiger charge is -2.32. The van der Waals surface area contributed by atoms with Crippen LogP contribution in [0.4, 0.5) is 11.4 Å². The Kier molecular flexibility index (Phi) is 5.20. The number of piperidine rings is 1. The Morgan fingerprint density at radius 2 is 2.14 bits per heavy atom. The van der Waals surface area contributed by atoms with E-state index in [1.165, 1.54) is 0 Å². The molecule has 1 saturated heterocycles. The molecule has 0 spiro atoms. The summed E-state index contributed by atoms with van der Waals surface area (Å²) in [5.74, 6) is 0.347. The SMILES string of the molecule is Cc1c(N)cccc1NC(=O)CN1CCC(C(C)O)CC1. The molecule has 1 aliphatic heterocycles. The number of carbonyl (C=O) groups is 1. The van der Waals surface area contributed by atoms with Crippen molar-refractivity contribution in [3.63, 3.8) is 0 Å².